The molecule has 22 heavy (non-hydrogen) atoms. The highest BCUT2D eigenvalue weighted by Crippen LogP contribution is 2.13. The molecule has 1 aliphatic rings. The van der Waals surface area contributed by atoms with E-state index in [9.17, 15) is 9.59 Å². The minimum absolute atomic E-state index is 0.0150. The lowest BCUT2D eigenvalue weighted by atomic mass is 10.0. The Morgan fingerprint density at radius 2 is 1.73 bits per heavy atom. The van der Waals surface area contributed by atoms with E-state index in [2.05, 4.69) is 20.2 Å². The number of hydrogen-bond acceptors (Lipinski definition) is 5. The van der Waals surface area contributed by atoms with Gasteiger partial charge in [-0.05, 0) is 12.0 Å². The van der Waals surface area contributed by atoms with E-state index in [4.69, 9.17) is 0 Å². The molecule has 0 saturated carbocycles. The summed E-state index contributed by atoms with van der Waals surface area (Å²) in [5.41, 5.74) is 0. The molecule has 1 aromatic rings. The summed E-state index contributed by atoms with van der Waals surface area (Å²) in [7, 11) is 0. The molecule has 0 spiro atoms. The van der Waals surface area contributed by atoms with Gasteiger partial charge in [-0.3, -0.25) is 9.59 Å². The van der Waals surface area contributed by atoms with Gasteiger partial charge in [0, 0.05) is 45.5 Å². The molecule has 2 heterocycles. The monoisotopic (exact) mass is 305 g/mol. The van der Waals surface area contributed by atoms with Crippen molar-refractivity contribution in [2.45, 2.75) is 26.8 Å². The molecule has 0 bridgehead atoms. The van der Waals surface area contributed by atoms with Gasteiger partial charge in [-0.2, -0.15) is 0 Å². The molecular formula is C15H23N5O2. The number of hydrogen-bond donors (Lipinski definition) is 1. The molecule has 0 radical (unpaired) electrons. The summed E-state index contributed by atoms with van der Waals surface area (Å²) in [6.45, 7) is 7.92. The third-order valence-electron chi connectivity index (χ3n) is 3.72. The lowest BCUT2D eigenvalue weighted by Crippen LogP contribution is -2.56. The third kappa shape index (κ3) is 3.93. The molecule has 7 nitrogen and oxygen atoms in total. The first-order valence-electron chi connectivity index (χ1n) is 7.57. The number of aromatic nitrogens is 2. The molecule has 2 rings (SSSR count). The fourth-order valence-electron chi connectivity index (χ4n) is 2.51. The summed E-state index contributed by atoms with van der Waals surface area (Å²) in [5, 5.41) is 2.75. The Bertz CT molecular complexity index is 512. The predicted octanol–water partition coefficient (Wildman–Crippen LogP) is 0.286. The maximum absolute atomic E-state index is 12.6. The van der Waals surface area contributed by atoms with Gasteiger partial charge in [0.15, 0.2) is 0 Å². The molecule has 1 saturated heterocycles. The van der Waals surface area contributed by atoms with Gasteiger partial charge in [0.1, 0.15) is 6.04 Å². The highest BCUT2D eigenvalue weighted by Gasteiger charge is 2.30. The molecule has 1 aromatic heterocycles. The van der Waals surface area contributed by atoms with Crippen LogP contribution in [0.4, 0.5) is 5.95 Å². The smallest absolute Gasteiger partial charge is 0.245 e. The van der Waals surface area contributed by atoms with Crippen LogP contribution in [-0.2, 0) is 9.59 Å². The summed E-state index contributed by atoms with van der Waals surface area (Å²) < 4.78 is 0. The largest absolute Gasteiger partial charge is 0.344 e. The molecule has 0 unspecified atom stereocenters. The molecule has 2 amide bonds. The number of nitrogens with zero attached hydrogens (tertiary/aromatic N) is 4. The zero-order chi connectivity index (χ0) is 16.1. The summed E-state index contributed by atoms with van der Waals surface area (Å²) in [6.07, 6.45) is 3.43. The summed E-state index contributed by atoms with van der Waals surface area (Å²) in [5.74, 6) is 0.561. The molecule has 7 heteroatoms. The maximum Gasteiger partial charge on any atom is 0.245 e. The van der Waals surface area contributed by atoms with Crippen LogP contribution < -0.4 is 10.2 Å². The second-order valence-electron chi connectivity index (χ2n) is 5.78. The Hall–Kier alpha value is -2.18. The topological polar surface area (TPSA) is 78.4 Å². The normalized spacial score (nSPS) is 16.5. The van der Waals surface area contributed by atoms with Crippen LogP contribution in [0.25, 0.3) is 0 Å². The van der Waals surface area contributed by atoms with Crippen molar-refractivity contribution in [1.29, 1.82) is 0 Å². The number of nitrogens with one attached hydrogen (secondary N) is 1. The molecule has 1 fully saturated rings. The summed E-state index contributed by atoms with van der Waals surface area (Å²) in [4.78, 5) is 36.2. The SMILES string of the molecule is CC(=O)N[C@H](C(=O)N1CCN(c2ncccn2)CC1)C(C)C. The van der Waals surface area contributed by atoms with Crippen molar-refractivity contribution in [3.63, 3.8) is 0 Å². The highest BCUT2D eigenvalue weighted by molar-refractivity contribution is 5.87. The van der Waals surface area contributed by atoms with Crippen molar-refractivity contribution < 1.29 is 9.59 Å². The lowest BCUT2D eigenvalue weighted by Gasteiger charge is -2.37. The van der Waals surface area contributed by atoms with Gasteiger partial charge in [-0.25, -0.2) is 9.97 Å². The van der Waals surface area contributed by atoms with E-state index in [0.29, 0.717) is 32.1 Å². The van der Waals surface area contributed by atoms with Crippen LogP contribution in [0, 0.1) is 5.92 Å². The van der Waals surface area contributed by atoms with Crippen LogP contribution in [0.3, 0.4) is 0 Å². The highest BCUT2D eigenvalue weighted by atomic mass is 16.2. The molecule has 120 valence electrons. The average Bonchev–Trinajstić information content (AvgIpc) is 2.52. The first-order valence-corrected chi connectivity index (χ1v) is 7.57. The molecular weight excluding hydrogens is 282 g/mol. The Morgan fingerprint density at radius 3 is 2.23 bits per heavy atom. The molecule has 1 aliphatic heterocycles. The first-order chi connectivity index (χ1) is 10.5. The fourth-order valence-corrected chi connectivity index (χ4v) is 2.51. The van der Waals surface area contributed by atoms with Gasteiger partial charge < -0.3 is 15.1 Å². The van der Waals surface area contributed by atoms with Gasteiger partial charge in [0.05, 0.1) is 0 Å². The number of rotatable bonds is 4. The van der Waals surface area contributed by atoms with Crippen molar-refractivity contribution in [2.24, 2.45) is 5.92 Å². The van der Waals surface area contributed by atoms with Crippen LogP contribution in [0.5, 0.6) is 0 Å². The van der Waals surface area contributed by atoms with E-state index in [1.807, 2.05) is 13.8 Å². The van der Waals surface area contributed by atoms with E-state index < -0.39 is 6.04 Å². The number of carbonyl (C=O) groups is 2. The van der Waals surface area contributed by atoms with Crippen molar-refractivity contribution in [3.05, 3.63) is 18.5 Å². The molecule has 0 aliphatic carbocycles. The number of amides is 2. The standard InChI is InChI=1S/C15H23N5O2/c1-11(2)13(18-12(3)21)14(22)19-7-9-20(10-8-19)15-16-5-4-6-17-15/h4-6,11,13H,7-10H2,1-3H3,(H,18,21)/t13-/m0/s1. The molecule has 0 aromatic carbocycles. The maximum atomic E-state index is 12.6. The fraction of sp³-hybridized carbons (Fsp3) is 0.600. The lowest BCUT2D eigenvalue weighted by molar-refractivity contribution is -0.137. The third-order valence-corrected chi connectivity index (χ3v) is 3.72. The minimum atomic E-state index is -0.461. The van der Waals surface area contributed by atoms with Crippen molar-refractivity contribution in [3.8, 4) is 0 Å². The van der Waals surface area contributed by atoms with Gasteiger partial charge >= 0.3 is 0 Å². The number of carbonyl (C=O) groups excluding carboxylic acids is 2. The quantitative estimate of drug-likeness (QED) is 0.865. The van der Waals surface area contributed by atoms with Gasteiger partial charge in [0.25, 0.3) is 0 Å². The number of piperazine rings is 1. The second kappa shape index (κ2) is 7.20. The second-order valence-corrected chi connectivity index (χ2v) is 5.78. The van der Waals surface area contributed by atoms with Gasteiger partial charge in [-0.15, -0.1) is 0 Å². The zero-order valence-corrected chi connectivity index (χ0v) is 13.3. The Kier molecular flexibility index (Phi) is 5.30. The van der Waals surface area contributed by atoms with Crippen molar-refractivity contribution >= 4 is 17.8 Å². The van der Waals surface area contributed by atoms with Crippen LogP contribution in [0.1, 0.15) is 20.8 Å². The van der Waals surface area contributed by atoms with Crippen LogP contribution in [-0.4, -0.2) is 58.9 Å². The van der Waals surface area contributed by atoms with Crippen molar-refractivity contribution in [1.82, 2.24) is 20.2 Å². The zero-order valence-electron chi connectivity index (χ0n) is 13.3. The summed E-state index contributed by atoms with van der Waals surface area (Å²) >= 11 is 0. The van der Waals surface area contributed by atoms with Crippen molar-refractivity contribution in [2.75, 3.05) is 31.1 Å². The Balaban J connectivity index is 1.95. The molecule has 1 N–H and O–H groups in total. The summed E-state index contributed by atoms with van der Waals surface area (Å²) in [6, 6.07) is 1.32. The van der Waals surface area contributed by atoms with Crippen LogP contribution in [0.2, 0.25) is 0 Å². The minimum Gasteiger partial charge on any atom is -0.344 e. The van der Waals surface area contributed by atoms with E-state index in [-0.39, 0.29) is 17.7 Å². The Labute approximate surface area is 130 Å². The number of anilines is 1. The first kappa shape index (κ1) is 16.2. The van der Waals surface area contributed by atoms with E-state index in [0.717, 1.165) is 0 Å². The predicted molar refractivity (Wildman–Crippen MR) is 83.3 cm³/mol. The average molecular weight is 305 g/mol. The van der Waals surface area contributed by atoms with Gasteiger partial charge in [-0.1, -0.05) is 13.8 Å². The van der Waals surface area contributed by atoms with E-state index in [1.165, 1.54) is 6.92 Å². The van der Waals surface area contributed by atoms with Crippen LogP contribution >= 0.6 is 0 Å². The van der Waals surface area contributed by atoms with E-state index >= 15 is 0 Å². The Morgan fingerprint density at radius 1 is 1.14 bits per heavy atom. The van der Waals surface area contributed by atoms with Crippen LogP contribution in [0.15, 0.2) is 18.5 Å². The van der Waals surface area contributed by atoms with Gasteiger partial charge in [0.2, 0.25) is 17.8 Å². The molecule has 1 atom stereocenters. The van der Waals surface area contributed by atoms with E-state index in [1.54, 1.807) is 23.4 Å².